The zero-order valence-corrected chi connectivity index (χ0v) is 17.8. The average Bonchev–Trinajstić information content (AvgIpc) is 3.28. The lowest BCUT2D eigenvalue weighted by Crippen LogP contribution is -2.39. The first kappa shape index (κ1) is 21.4. The van der Waals surface area contributed by atoms with Gasteiger partial charge in [0.2, 0.25) is 5.91 Å². The fourth-order valence-electron chi connectivity index (χ4n) is 3.80. The molecular weight excluding hydrogens is 440 g/mol. The lowest BCUT2D eigenvalue weighted by molar-refractivity contribution is -0.384. The van der Waals surface area contributed by atoms with Crippen LogP contribution in [0.5, 0.6) is 0 Å². The number of amides is 2. The summed E-state index contributed by atoms with van der Waals surface area (Å²) >= 11 is 6.18. The molecule has 1 saturated heterocycles. The second kappa shape index (κ2) is 8.04. The molecule has 0 unspecified atom stereocenters. The minimum Gasteiger partial charge on any atom is -0.461 e. The van der Waals surface area contributed by atoms with E-state index in [2.05, 4.69) is 5.10 Å². The minimum atomic E-state index is -1.19. The molecule has 0 bridgehead atoms. The van der Waals surface area contributed by atoms with Crippen LogP contribution in [0.25, 0.3) is 0 Å². The first-order valence-corrected chi connectivity index (χ1v) is 10.1. The Morgan fingerprint density at radius 1 is 1.19 bits per heavy atom. The number of rotatable bonds is 5. The highest BCUT2D eigenvalue weighted by atomic mass is 35.5. The average molecular weight is 457 g/mol. The van der Waals surface area contributed by atoms with Gasteiger partial charge in [-0.2, -0.15) is 5.10 Å². The summed E-state index contributed by atoms with van der Waals surface area (Å²) in [5.41, 5.74) is 0.816. The molecule has 10 nitrogen and oxygen atoms in total. The van der Waals surface area contributed by atoms with Crippen molar-refractivity contribution in [2.45, 2.75) is 19.9 Å². The molecule has 2 aliphatic heterocycles. The third kappa shape index (κ3) is 3.28. The Balaban J connectivity index is 1.80. The summed E-state index contributed by atoms with van der Waals surface area (Å²) in [6, 6.07) is 9.02. The van der Waals surface area contributed by atoms with Crippen LogP contribution in [0.2, 0.25) is 5.02 Å². The normalized spacial score (nSPS) is 19.8. The van der Waals surface area contributed by atoms with Crippen molar-refractivity contribution in [3.05, 3.63) is 63.2 Å². The Bertz CT molecular complexity index is 1180. The van der Waals surface area contributed by atoms with Crippen molar-refractivity contribution in [3.8, 4) is 0 Å². The highest BCUT2D eigenvalue weighted by Crippen LogP contribution is 2.40. The van der Waals surface area contributed by atoms with Crippen molar-refractivity contribution < 1.29 is 24.0 Å². The van der Waals surface area contributed by atoms with Gasteiger partial charge in [0.05, 0.1) is 22.9 Å². The summed E-state index contributed by atoms with van der Waals surface area (Å²) < 4.78 is 5.05. The number of ether oxygens (including phenoxy) is 1. The van der Waals surface area contributed by atoms with Crippen LogP contribution in [0.3, 0.4) is 0 Å². The molecule has 164 valence electrons. The number of nitro benzene ring substituents is 1. The SMILES string of the molecule is CCOC(=O)C1=NN(c2ccc([N+](=O)[O-])cc2)[C@H]2C(=O)N(c3cccc(Cl)c3C)C(=O)[C@@H]12. The Hall–Kier alpha value is -3.79. The number of benzene rings is 2. The maximum Gasteiger partial charge on any atom is 0.355 e. The monoisotopic (exact) mass is 456 g/mol. The lowest BCUT2D eigenvalue weighted by Gasteiger charge is -2.23. The molecule has 2 amide bonds. The van der Waals surface area contributed by atoms with E-state index in [1.165, 1.54) is 29.3 Å². The van der Waals surface area contributed by atoms with Gasteiger partial charge in [0.25, 0.3) is 11.6 Å². The van der Waals surface area contributed by atoms with E-state index >= 15 is 0 Å². The number of non-ortho nitro benzene ring substituents is 1. The molecule has 11 heteroatoms. The Morgan fingerprint density at radius 3 is 2.50 bits per heavy atom. The van der Waals surface area contributed by atoms with Gasteiger partial charge in [-0.3, -0.25) is 24.7 Å². The third-order valence-corrected chi connectivity index (χ3v) is 5.75. The number of imide groups is 1. The van der Waals surface area contributed by atoms with Crippen molar-refractivity contribution in [2.24, 2.45) is 11.0 Å². The van der Waals surface area contributed by atoms with E-state index in [0.29, 0.717) is 22.0 Å². The highest BCUT2D eigenvalue weighted by Gasteiger charge is 2.59. The summed E-state index contributed by atoms with van der Waals surface area (Å²) in [6.07, 6.45) is 0. The fraction of sp³-hybridized carbons (Fsp3) is 0.238. The van der Waals surface area contributed by atoms with E-state index in [0.717, 1.165) is 4.90 Å². The largest absolute Gasteiger partial charge is 0.461 e. The van der Waals surface area contributed by atoms with Crippen LogP contribution >= 0.6 is 11.6 Å². The maximum absolute atomic E-state index is 13.4. The van der Waals surface area contributed by atoms with Crippen LogP contribution in [0.1, 0.15) is 12.5 Å². The predicted octanol–water partition coefficient (Wildman–Crippen LogP) is 2.85. The standard InChI is InChI=1S/C21H17ClN4O6/c1-3-32-21(29)17-16-18(25(23-17)12-7-9-13(10-8-12)26(30)31)20(28)24(19(16)27)15-6-4-5-14(22)11(15)2/h4-10,16,18H,3H2,1-2H3/t16-,18+/m0/s1. The van der Waals surface area contributed by atoms with Crippen molar-refractivity contribution >= 4 is 52.2 Å². The van der Waals surface area contributed by atoms with Gasteiger partial charge in [-0.1, -0.05) is 17.7 Å². The van der Waals surface area contributed by atoms with Gasteiger partial charge in [-0.15, -0.1) is 0 Å². The van der Waals surface area contributed by atoms with Crippen LogP contribution in [0.15, 0.2) is 47.6 Å². The zero-order chi connectivity index (χ0) is 23.2. The third-order valence-electron chi connectivity index (χ3n) is 5.34. The van der Waals surface area contributed by atoms with Gasteiger partial charge in [0.15, 0.2) is 5.71 Å². The summed E-state index contributed by atoms with van der Waals surface area (Å²) in [7, 11) is 0. The Kier molecular flexibility index (Phi) is 5.39. The number of carbonyl (C=O) groups excluding carboxylic acids is 3. The Labute approximate surface area is 187 Å². The van der Waals surface area contributed by atoms with Gasteiger partial charge in [0.1, 0.15) is 12.0 Å². The van der Waals surface area contributed by atoms with E-state index in [1.54, 1.807) is 32.0 Å². The molecule has 0 N–H and O–H groups in total. The van der Waals surface area contributed by atoms with E-state index in [4.69, 9.17) is 16.3 Å². The van der Waals surface area contributed by atoms with Gasteiger partial charge in [-0.25, -0.2) is 9.69 Å². The second-order valence-electron chi connectivity index (χ2n) is 7.14. The number of hydrogen-bond acceptors (Lipinski definition) is 8. The molecule has 2 atom stereocenters. The van der Waals surface area contributed by atoms with Crippen LogP contribution in [-0.2, 0) is 19.1 Å². The van der Waals surface area contributed by atoms with E-state index in [-0.39, 0.29) is 18.0 Å². The van der Waals surface area contributed by atoms with Crippen molar-refractivity contribution in [3.63, 3.8) is 0 Å². The van der Waals surface area contributed by atoms with Crippen LogP contribution < -0.4 is 9.91 Å². The number of nitrogens with zero attached hydrogens (tertiary/aromatic N) is 4. The first-order valence-electron chi connectivity index (χ1n) is 9.68. The number of hydrogen-bond donors (Lipinski definition) is 0. The molecule has 0 radical (unpaired) electrons. The molecule has 32 heavy (non-hydrogen) atoms. The number of carbonyl (C=O) groups is 3. The number of halogens is 1. The molecule has 2 heterocycles. The van der Waals surface area contributed by atoms with E-state index in [9.17, 15) is 24.5 Å². The summed E-state index contributed by atoms with van der Waals surface area (Å²) in [4.78, 5) is 50.8. The molecule has 0 spiro atoms. The van der Waals surface area contributed by atoms with Crippen molar-refractivity contribution in [1.29, 1.82) is 0 Å². The molecule has 0 aromatic heterocycles. The summed E-state index contributed by atoms with van der Waals surface area (Å²) in [6.45, 7) is 3.36. The van der Waals surface area contributed by atoms with Gasteiger partial charge in [-0.05, 0) is 43.7 Å². The second-order valence-corrected chi connectivity index (χ2v) is 7.55. The highest BCUT2D eigenvalue weighted by molar-refractivity contribution is 6.47. The molecule has 2 aromatic carbocycles. The molecule has 0 saturated carbocycles. The zero-order valence-electron chi connectivity index (χ0n) is 17.0. The molecule has 1 fully saturated rings. The topological polar surface area (TPSA) is 122 Å². The maximum atomic E-state index is 13.4. The smallest absolute Gasteiger partial charge is 0.355 e. The van der Waals surface area contributed by atoms with Gasteiger partial charge < -0.3 is 4.74 Å². The number of nitro groups is 1. The predicted molar refractivity (Wildman–Crippen MR) is 116 cm³/mol. The Morgan fingerprint density at radius 2 is 1.88 bits per heavy atom. The molecule has 4 rings (SSSR count). The van der Waals surface area contributed by atoms with Crippen LogP contribution in [-0.4, -0.2) is 41.1 Å². The molecule has 2 aromatic rings. The van der Waals surface area contributed by atoms with Gasteiger partial charge >= 0.3 is 5.97 Å². The number of hydrazone groups is 1. The minimum absolute atomic E-state index is 0.0615. The van der Waals surface area contributed by atoms with Crippen LogP contribution in [0.4, 0.5) is 17.1 Å². The number of anilines is 2. The van der Waals surface area contributed by atoms with Crippen molar-refractivity contribution in [2.75, 3.05) is 16.5 Å². The van der Waals surface area contributed by atoms with Crippen LogP contribution in [0, 0.1) is 23.0 Å². The quantitative estimate of drug-likeness (QED) is 0.293. The molecule has 0 aliphatic carbocycles. The summed E-state index contributed by atoms with van der Waals surface area (Å²) in [5.74, 6) is -3.21. The van der Waals surface area contributed by atoms with E-state index in [1.807, 2.05) is 0 Å². The summed E-state index contributed by atoms with van der Waals surface area (Å²) in [5, 5.41) is 16.8. The van der Waals surface area contributed by atoms with E-state index < -0.39 is 34.7 Å². The number of esters is 1. The number of fused-ring (bicyclic) bond motifs is 1. The van der Waals surface area contributed by atoms with Crippen molar-refractivity contribution in [1.82, 2.24) is 0 Å². The molecular formula is C21H17ClN4O6. The first-order chi connectivity index (χ1) is 15.3. The van der Waals surface area contributed by atoms with Gasteiger partial charge in [0, 0.05) is 17.2 Å². The fourth-order valence-corrected chi connectivity index (χ4v) is 3.97. The molecule has 2 aliphatic rings. The lowest BCUT2D eigenvalue weighted by atomic mass is 9.97.